The second kappa shape index (κ2) is 10.8. The summed E-state index contributed by atoms with van der Waals surface area (Å²) in [6, 6.07) is 19.4. The fourth-order valence-corrected chi connectivity index (χ4v) is 4.56. The molecule has 10 heteroatoms. The van der Waals surface area contributed by atoms with Gasteiger partial charge in [-0.3, -0.25) is 9.10 Å². The van der Waals surface area contributed by atoms with Crippen molar-refractivity contribution in [2.45, 2.75) is 4.90 Å². The Balaban J connectivity index is 1.94. The van der Waals surface area contributed by atoms with Crippen LogP contribution >= 0.6 is 11.6 Å². The summed E-state index contributed by atoms with van der Waals surface area (Å²) in [6.45, 7) is -0.555. The number of carbonyl (C=O) groups is 1. The number of nitrogens with one attached hydrogen (secondary N) is 1. The minimum atomic E-state index is -4.13. The minimum absolute atomic E-state index is 0.0160. The number of benzene rings is 3. The van der Waals surface area contributed by atoms with Crippen molar-refractivity contribution in [2.75, 3.05) is 25.1 Å². The molecule has 0 spiro atoms. The van der Waals surface area contributed by atoms with Crippen LogP contribution < -0.4 is 19.2 Å². The first kappa shape index (κ1) is 24.1. The highest BCUT2D eigenvalue weighted by Crippen LogP contribution is 2.35. The fraction of sp³-hybridized carbons (Fsp3) is 0.130. The van der Waals surface area contributed by atoms with Crippen LogP contribution in [0, 0.1) is 0 Å². The molecule has 0 bridgehead atoms. The number of halogens is 1. The van der Waals surface area contributed by atoms with Gasteiger partial charge in [-0.1, -0.05) is 48.0 Å². The van der Waals surface area contributed by atoms with Crippen molar-refractivity contribution < 1.29 is 22.7 Å². The molecule has 3 aromatic carbocycles. The first-order valence-electron chi connectivity index (χ1n) is 9.73. The Bertz CT molecular complexity index is 1250. The molecule has 0 aliphatic heterocycles. The standard InChI is InChI=1S/C23H22ClN3O5S/c1-31-18-12-13-22(32-2)21(14-18)27(33(29,30)19-9-4-3-5-10-19)16-23(28)26-25-15-17-8-6-7-11-20(17)24/h3-15H,16H2,1-2H3,(H,26,28)/b25-15-. The van der Waals surface area contributed by atoms with Crippen molar-refractivity contribution >= 4 is 39.4 Å². The number of hydrazone groups is 1. The average Bonchev–Trinajstić information content (AvgIpc) is 2.83. The summed E-state index contributed by atoms with van der Waals surface area (Å²) >= 11 is 6.08. The summed E-state index contributed by atoms with van der Waals surface area (Å²) in [5, 5.41) is 4.36. The van der Waals surface area contributed by atoms with E-state index in [0.717, 1.165) is 4.31 Å². The van der Waals surface area contributed by atoms with Crippen LogP contribution in [-0.4, -0.2) is 41.3 Å². The van der Waals surface area contributed by atoms with E-state index in [-0.39, 0.29) is 16.3 Å². The van der Waals surface area contributed by atoms with E-state index in [9.17, 15) is 13.2 Å². The van der Waals surface area contributed by atoms with Crippen molar-refractivity contribution in [1.82, 2.24) is 5.43 Å². The van der Waals surface area contributed by atoms with Crippen LogP contribution in [0.25, 0.3) is 0 Å². The zero-order valence-corrected chi connectivity index (χ0v) is 19.5. The molecule has 33 heavy (non-hydrogen) atoms. The number of sulfonamides is 1. The van der Waals surface area contributed by atoms with Crippen LogP contribution in [0.15, 0.2) is 82.8 Å². The number of rotatable bonds is 9. The van der Waals surface area contributed by atoms with Gasteiger partial charge in [0, 0.05) is 16.7 Å². The number of nitrogens with zero attached hydrogens (tertiary/aromatic N) is 2. The number of anilines is 1. The van der Waals surface area contributed by atoms with Crippen molar-refractivity contribution in [3.05, 3.63) is 83.4 Å². The summed E-state index contributed by atoms with van der Waals surface area (Å²) in [4.78, 5) is 12.7. The van der Waals surface area contributed by atoms with E-state index in [1.165, 1.54) is 38.6 Å². The number of carbonyl (C=O) groups excluding carboxylic acids is 1. The third kappa shape index (κ3) is 5.82. The maximum absolute atomic E-state index is 13.5. The SMILES string of the molecule is COc1ccc(OC)c(N(CC(=O)N/N=C\c2ccccc2Cl)S(=O)(=O)c2ccccc2)c1. The van der Waals surface area contributed by atoms with Gasteiger partial charge in [-0.05, 0) is 30.3 Å². The van der Waals surface area contributed by atoms with Gasteiger partial charge in [0.05, 0.1) is 31.0 Å². The lowest BCUT2D eigenvalue weighted by Gasteiger charge is -2.25. The van der Waals surface area contributed by atoms with Gasteiger partial charge in [-0.25, -0.2) is 13.8 Å². The Morgan fingerprint density at radius 1 is 1.03 bits per heavy atom. The fourth-order valence-electron chi connectivity index (χ4n) is 2.93. The summed E-state index contributed by atoms with van der Waals surface area (Å²) in [5.74, 6) is -0.0124. The molecule has 0 aliphatic carbocycles. The predicted molar refractivity (Wildman–Crippen MR) is 128 cm³/mol. The molecule has 0 heterocycles. The molecule has 172 valence electrons. The lowest BCUT2D eigenvalue weighted by atomic mass is 10.2. The van der Waals surface area contributed by atoms with Crippen LogP contribution in [-0.2, 0) is 14.8 Å². The molecular formula is C23H22ClN3O5S. The Morgan fingerprint density at radius 2 is 1.73 bits per heavy atom. The van der Waals surface area contributed by atoms with Gasteiger partial charge < -0.3 is 9.47 Å². The van der Waals surface area contributed by atoms with E-state index in [1.807, 2.05) is 0 Å². The summed E-state index contributed by atoms with van der Waals surface area (Å²) in [5.41, 5.74) is 3.09. The highest BCUT2D eigenvalue weighted by molar-refractivity contribution is 7.92. The number of methoxy groups -OCH3 is 2. The Morgan fingerprint density at radius 3 is 2.39 bits per heavy atom. The quantitative estimate of drug-likeness (QED) is 0.366. The van der Waals surface area contributed by atoms with Gasteiger partial charge in [-0.2, -0.15) is 5.10 Å². The van der Waals surface area contributed by atoms with Crippen molar-refractivity contribution in [2.24, 2.45) is 5.10 Å². The van der Waals surface area contributed by atoms with Crippen LogP contribution in [0.3, 0.4) is 0 Å². The lowest BCUT2D eigenvalue weighted by Crippen LogP contribution is -2.39. The molecule has 0 atom stereocenters. The van der Waals surface area contributed by atoms with E-state index in [1.54, 1.807) is 54.6 Å². The average molecular weight is 488 g/mol. The van der Waals surface area contributed by atoms with Gasteiger partial charge >= 0.3 is 0 Å². The summed E-state index contributed by atoms with van der Waals surface area (Å²) < 4.78 is 38.5. The van der Waals surface area contributed by atoms with E-state index < -0.39 is 22.5 Å². The third-order valence-corrected chi connectivity index (χ3v) is 6.69. The second-order valence-electron chi connectivity index (χ2n) is 6.68. The molecule has 0 aromatic heterocycles. The van der Waals surface area contributed by atoms with Gasteiger partial charge in [0.15, 0.2) is 0 Å². The topological polar surface area (TPSA) is 97.3 Å². The Kier molecular flexibility index (Phi) is 7.92. The monoisotopic (exact) mass is 487 g/mol. The maximum Gasteiger partial charge on any atom is 0.264 e. The molecule has 1 N–H and O–H groups in total. The first-order chi connectivity index (χ1) is 15.9. The molecule has 0 saturated carbocycles. The van der Waals surface area contributed by atoms with E-state index in [0.29, 0.717) is 16.3 Å². The van der Waals surface area contributed by atoms with Gasteiger partial charge in [-0.15, -0.1) is 0 Å². The molecule has 0 saturated heterocycles. The van der Waals surface area contributed by atoms with Crippen molar-refractivity contribution in [1.29, 1.82) is 0 Å². The van der Waals surface area contributed by atoms with E-state index in [2.05, 4.69) is 10.5 Å². The maximum atomic E-state index is 13.5. The first-order valence-corrected chi connectivity index (χ1v) is 11.5. The third-order valence-electron chi connectivity index (χ3n) is 4.57. The zero-order chi connectivity index (χ0) is 23.8. The number of hydrogen-bond acceptors (Lipinski definition) is 6. The van der Waals surface area contributed by atoms with Crippen LogP contribution in [0.5, 0.6) is 11.5 Å². The van der Waals surface area contributed by atoms with Crippen LogP contribution in [0.4, 0.5) is 5.69 Å². The van der Waals surface area contributed by atoms with Gasteiger partial charge in [0.2, 0.25) is 0 Å². The Labute approximate surface area is 197 Å². The van der Waals surface area contributed by atoms with Gasteiger partial charge in [0.25, 0.3) is 15.9 Å². The lowest BCUT2D eigenvalue weighted by molar-refractivity contribution is -0.119. The molecule has 0 unspecified atom stereocenters. The molecule has 0 aliphatic rings. The van der Waals surface area contributed by atoms with E-state index in [4.69, 9.17) is 21.1 Å². The normalized spacial score (nSPS) is 11.2. The number of hydrogen-bond donors (Lipinski definition) is 1. The summed E-state index contributed by atoms with van der Waals surface area (Å²) in [7, 11) is -1.26. The molecular weight excluding hydrogens is 466 g/mol. The van der Waals surface area contributed by atoms with E-state index >= 15 is 0 Å². The van der Waals surface area contributed by atoms with Gasteiger partial charge in [0.1, 0.15) is 18.0 Å². The molecule has 1 amide bonds. The number of amides is 1. The van der Waals surface area contributed by atoms with Crippen LogP contribution in [0.1, 0.15) is 5.56 Å². The zero-order valence-electron chi connectivity index (χ0n) is 17.9. The highest BCUT2D eigenvalue weighted by Gasteiger charge is 2.29. The molecule has 0 fully saturated rings. The summed E-state index contributed by atoms with van der Waals surface area (Å²) in [6.07, 6.45) is 1.38. The van der Waals surface area contributed by atoms with Crippen molar-refractivity contribution in [3.8, 4) is 11.5 Å². The molecule has 0 radical (unpaired) electrons. The number of ether oxygens (including phenoxy) is 2. The largest absolute Gasteiger partial charge is 0.497 e. The Hall–Kier alpha value is -3.56. The van der Waals surface area contributed by atoms with Crippen LogP contribution in [0.2, 0.25) is 5.02 Å². The smallest absolute Gasteiger partial charge is 0.264 e. The predicted octanol–water partition coefficient (Wildman–Crippen LogP) is 3.70. The second-order valence-corrected chi connectivity index (χ2v) is 8.95. The minimum Gasteiger partial charge on any atom is -0.497 e. The highest BCUT2D eigenvalue weighted by atomic mass is 35.5. The van der Waals surface area contributed by atoms with Crippen molar-refractivity contribution in [3.63, 3.8) is 0 Å². The molecule has 3 rings (SSSR count). The molecule has 3 aromatic rings. The molecule has 8 nitrogen and oxygen atoms in total.